The van der Waals surface area contributed by atoms with Crippen LogP contribution in [0.2, 0.25) is 0 Å². The average Bonchev–Trinajstić information content (AvgIpc) is 3.27. The Labute approximate surface area is 208 Å². The first-order chi connectivity index (χ1) is 16.8. The molecule has 0 aliphatic carbocycles. The molecule has 1 heterocycles. The topological polar surface area (TPSA) is 106 Å². The van der Waals surface area contributed by atoms with Gasteiger partial charge in [0, 0.05) is 5.41 Å². The summed E-state index contributed by atoms with van der Waals surface area (Å²) in [6.45, 7) is 8.86. The minimum absolute atomic E-state index is 0.105. The zero-order chi connectivity index (χ0) is 25.4. The van der Waals surface area contributed by atoms with E-state index in [2.05, 4.69) is 36.9 Å². The maximum Gasteiger partial charge on any atom is 0.119 e. The van der Waals surface area contributed by atoms with Gasteiger partial charge in [0.1, 0.15) is 30.8 Å². The van der Waals surface area contributed by atoms with Crippen LogP contribution < -0.4 is 20.4 Å². The minimum atomic E-state index is -0.739. The predicted octanol–water partition coefficient (Wildman–Crippen LogP) is 2.84. The van der Waals surface area contributed by atoms with Gasteiger partial charge in [-0.3, -0.25) is 5.01 Å². The van der Waals surface area contributed by atoms with Crippen molar-refractivity contribution in [1.29, 1.82) is 0 Å². The summed E-state index contributed by atoms with van der Waals surface area (Å²) in [7, 11) is 0. The highest BCUT2D eigenvalue weighted by atomic mass is 16.5. The van der Waals surface area contributed by atoms with Crippen molar-refractivity contribution < 1.29 is 24.8 Å². The van der Waals surface area contributed by atoms with Crippen molar-refractivity contribution in [3.8, 4) is 11.5 Å². The molecule has 5 N–H and O–H groups in total. The molecule has 1 aliphatic heterocycles. The number of benzene rings is 2. The van der Waals surface area contributed by atoms with E-state index in [0.717, 1.165) is 34.7 Å². The van der Waals surface area contributed by atoms with Gasteiger partial charge >= 0.3 is 0 Å². The van der Waals surface area contributed by atoms with E-state index < -0.39 is 12.2 Å². The Hall–Kier alpha value is -2.78. The summed E-state index contributed by atoms with van der Waals surface area (Å²) in [4.78, 5) is 0. The van der Waals surface area contributed by atoms with Gasteiger partial charge in [-0.25, -0.2) is 0 Å². The molecule has 2 aromatic rings. The second-order valence-electron chi connectivity index (χ2n) is 9.30. The molecule has 3 rings (SSSR count). The van der Waals surface area contributed by atoms with Crippen molar-refractivity contribution in [1.82, 2.24) is 16.0 Å². The van der Waals surface area contributed by atoms with E-state index in [0.29, 0.717) is 18.8 Å². The molecule has 0 saturated heterocycles. The summed E-state index contributed by atoms with van der Waals surface area (Å²) in [5.74, 6) is 1.42. The van der Waals surface area contributed by atoms with Gasteiger partial charge < -0.3 is 30.2 Å². The molecule has 0 bridgehead atoms. The van der Waals surface area contributed by atoms with Crippen molar-refractivity contribution in [2.45, 2.75) is 58.2 Å². The molecule has 0 radical (unpaired) electrons. The molecule has 0 amide bonds. The SMILES string of the molecule is CCC1=C(CO)N(CC(O)COc2ccc(C(C)(C)c3ccc(OCC(O)CC)cc3)cc2)NN1. The van der Waals surface area contributed by atoms with E-state index >= 15 is 0 Å². The van der Waals surface area contributed by atoms with Crippen LogP contribution in [0.25, 0.3) is 0 Å². The van der Waals surface area contributed by atoms with Gasteiger partial charge in [-0.05, 0) is 48.2 Å². The van der Waals surface area contributed by atoms with E-state index in [9.17, 15) is 15.3 Å². The van der Waals surface area contributed by atoms with Crippen LogP contribution in [0.4, 0.5) is 0 Å². The van der Waals surface area contributed by atoms with Gasteiger partial charge in [0.15, 0.2) is 0 Å². The maximum absolute atomic E-state index is 10.4. The zero-order valence-corrected chi connectivity index (χ0v) is 21.1. The van der Waals surface area contributed by atoms with Gasteiger partial charge in [0.2, 0.25) is 0 Å². The number of nitrogens with one attached hydrogen (secondary N) is 2. The molecular formula is C27H39N3O5. The zero-order valence-electron chi connectivity index (χ0n) is 21.1. The van der Waals surface area contributed by atoms with Gasteiger partial charge in [0.25, 0.3) is 0 Å². The van der Waals surface area contributed by atoms with Crippen LogP contribution in [0.15, 0.2) is 59.9 Å². The lowest BCUT2D eigenvalue weighted by atomic mass is 9.78. The number of ether oxygens (including phenoxy) is 2. The summed E-state index contributed by atoms with van der Waals surface area (Å²) in [6, 6.07) is 15.9. The molecule has 192 valence electrons. The smallest absolute Gasteiger partial charge is 0.119 e. The highest BCUT2D eigenvalue weighted by Crippen LogP contribution is 2.33. The number of allylic oxidation sites excluding steroid dienone is 1. The van der Waals surface area contributed by atoms with Crippen LogP contribution in [0, 0.1) is 0 Å². The third-order valence-corrected chi connectivity index (χ3v) is 6.42. The molecule has 0 fully saturated rings. The monoisotopic (exact) mass is 485 g/mol. The molecule has 35 heavy (non-hydrogen) atoms. The molecular weight excluding hydrogens is 446 g/mol. The van der Waals surface area contributed by atoms with Crippen LogP contribution >= 0.6 is 0 Å². The summed E-state index contributed by atoms with van der Waals surface area (Å²) in [5, 5.41) is 31.4. The summed E-state index contributed by atoms with van der Waals surface area (Å²) < 4.78 is 11.5. The Morgan fingerprint density at radius 3 is 1.83 bits per heavy atom. The van der Waals surface area contributed by atoms with Crippen molar-refractivity contribution in [2.75, 3.05) is 26.4 Å². The van der Waals surface area contributed by atoms with E-state index in [1.165, 1.54) is 0 Å². The Kier molecular flexibility index (Phi) is 9.40. The van der Waals surface area contributed by atoms with Gasteiger partial charge in [-0.1, -0.05) is 52.0 Å². The average molecular weight is 486 g/mol. The van der Waals surface area contributed by atoms with Crippen LogP contribution in [0.5, 0.6) is 11.5 Å². The molecule has 1 aliphatic rings. The number of hydrogen-bond acceptors (Lipinski definition) is 8. The van der Waals surface area contributed by atoms with E-state index in [1.54, 1.807) is 5.01 Å². The number of aliphatic hydroxyl groups is 3. The van der Waals surface area contributed by atoms with E-state index in [-0.39, 0.29) is 25.2 Å². The summed E-state index contributed by atoms with van der Waals surface area (Å²) >= 11 is 0. The number of nitrogens with zero attached hydrogens (tertiary/aromatic N) is 1. The number of aliphatic hydroxyl groups excluding tert-OH is 3. The first-order valence-electron chi connectivity index (χ1n) is 12.2. The lowest BCUT2D eigenvalue weighted by Gasteiger charge is -2.27. The number of β-amino-alcohol motifs (C(OH)–C–C–N with tert-alkyl or cyclic N) is 1. The van der Waals surface area contributed by atoms with Gasteiger partial charge in [-0.15, -0.1) is 5.53 Å². The van der Waals surface area contributed by atoms with E-state index in [4.69, 9.17) is 9.47 Å². The molecule has 2 unspecified atom stereocenters. The molecule has 8 nitrogen and oxygen atoms in total. The molecule has 0 aromatic heterocycles. The standard InChI is InChI=1S/C27H39N3O5/c1-5-21(32)17-34-23-11-7-19(8-12-23)27(3,4)20-9-13-24(14-10-20)35-18-22(33)15-30-26(16-31)25(6-2)28-29-30/h7-14,21-22,28-29,31-33H,5-6,15-18H2,1-4H3. The third-order valence-electron chi connectivity index (χ3n) is 6.42. The van der Waals surface area contributed by atoms with Crippen LogP contribution in [-0.4, -0.2) is 58.9 Å². The lowest BCUT2D eigenvalue weighted by Crippen LogP contribution is -2.44. The van der Waals surface area contributed by atoms with Crippen molar-refractivity contribution in [3.05, 3.63) is 71.1 Å². The maximum atomic E-state index is 10.4. The van der Waals surface area contributed by atoms with Gasteiger partial charge in [-0.2, -0.15) is 0 Å². The highest BCUT2D eigenvalue weighted by Gasteiger charge is 2.24. The first kappa shape index (κ1) is 26.8. The van der Waals surface area contributed by atoms with Crippen LogP contribution in [-0.2, 0) is 5.41 Å². The van der Waals surface area contributed by atoms with Crippen molar-refractivity contribution in [3.63, 3.8) is 0 Å². The molecule has 2 aromatic carbocycles. The normalized spacial score (nSPS) is 15.7. The van der Waals surface area contributed by atoms with Gasteiger partial charge in [0.05, 0.1) is 30.6 Å². The fourth-order valence-corrected chi connectivity index (χ4v) is 3.94. The minimum Gasteiger partial charge on any atom is -0.491 e. The first-order valence-corrected chi connectivity index (χ1v) is 12.2. The Balaban J connectivity index is 1.54. The van der Waals surface area contributed by atoms with Crippen LogP contribution in [0.1, 0.15) is 51.7 Å². The molecule has 0 spiro atoms. The number of rotatable bonds is 13. The van der Waals surface area contributed by atoms with Crippen molar-refractivity contribution >= 4 is 0 Å². The summed E-state index contributed by atoms with van der Waals surface area (Å²) in [5.41, 5.74) is 9.68. The largest absolute Gasteiger partial charge is 0.491 e. The Bertz CT molecular complexity index is 960. The number of hydrazine groups is 2. The fraction of sp³-hybridized carbons (Fsp3) is 0.481. The Morgan fingerprint density at radius 1 is 0.857 bits per heavy atom. The number of hydrogen-bond donors (Lipinski definition) is 5. The quantitative estimate of drug-likeness (QED) is 0.295. The third kappa shape index (κ3) is 6.89. The van der Waals surface area contributed by atoms with Crippen molar-refractivity contribution in [2.24, 2.45) is 0 Å². The second kappa shape index (κ2) is 12.3. The summed E-state index contributed by atoms with van der Waals surface area (Å²) in [6.07, 6.45) is 0.233. The lowest BCUT2D eigenvalue weighted by molar-refractivity contribution is 0.0599. The molecule has 0 saturated carbocycles. The fourth-order valence-electron chi connectivity index (χ4n) is 3.94. The highest BCUT2D eigenvalue weighted by molar-refractivity contribution is 5.41. The van der Waals surface area contributed by atoms with Crippen LogP contribution in [0.3, 0.4) is 0 Å². The molecule has 2 atom stereocenters. The van der Waals surface area contributed by atoms with E-state index in [1.807, 2.05) is 50.2 Å². The Morgan fingerprint density at radius 2 is 1.37 bits per heavy atom. The predicted molar refractivity (Wildman–Crippen MR) is 136 cm³/mol. The second-order valence-corrected chi connectivity index (χ2v) is 9.30. The molecule has 8 heteroatoms.